The maximum absolute atomic E-state index is 9.10. The number of methoxy groups -OCH3 is 1. The number of carboxylic acids is 2. The lowest BCUT2D eigenvalue weighted by Gasteiger charge is -1.97. The quantitative estimate of drug-likeness (QED) is 0.394. The third-order valence-corrected chi connectivity index (χ3v) is 1.64. The topological polar surface area (TPSA) is 119 Å². The van der Waals surface area contributed by atoms with Crippen molar-refractivity contribution in [3.63, 3.8) is 0 Å². The summed E-state index contributed by atoms with van der Waals surface area (Å²) < 4.78 is 5.04. The van der Waals surface area contributed by atoms with Gasteiger partial charge in [0.15, 0.2) is 0 Å². The van der Waals surface area contributed by atoms with Gasteiger partial charge in [-0.05, 0) is 18.2 Å². The Morgan fingerprint density at radius 1 is 1.32 bits per heavy atom. The van der Waals surface area contributed by atoms with Gasteiger partial charge in [-0.15, -0.1) is 0 Å². The van der Waals surface area contributed by atoms with Crippen LogP contribution in [0.5, 0.6) is 5.75 Å². The fraction of sp³-hybridized carbons (Fsp3) is 0.167. The molecule has 0 spiro atoms. The molecular weight excluding hydrogens is 254 g/mol. The summed E-state index contributed by atoms with van der Waals surface area (Å²) in [6.07, 6.45) is 0. The van der Waals surface area contributed by atoms with E-state index >= 15 is 0 Å². The number of carboxylic acid groups (broad SMARTS) is 2. The first-order valence-electron chi connectivity index (χ1n) is 4.92. The van der Waals surface area contributed by atoms with Gasteiger partial charge in [-0.1, -0.05) is 17.9 Å². The van der Waals surface area contributed by atoms with Crippen LogP contribution in [0.1, 0.15) is 5.56 Å². The van der Waals surface area contributed by atoms with E-state index in [0.717, 1.165) is 11.3 Å². The Hall–Kier alpha value is -2.56. The van der Waals surface area contributed by atoms with E-state index in [2.05, 4.69) is 16.7 Å². The molecule has 0 aliphatic carbocycles. The lowest BCUT2D eigenvalue weighted by molar-refractivity contribution is -0.159. The second-order valence-corrected chi connectivity index (χ2v) is 2.96. The Morgan fingerprint density at radius 3 is 2.42 bits per heavy atom. The summed E-state index contributed by atoms with van der Waals surface area (Å²) in [6.45, 7) is 0.233. The van der Waals surface area contributed by atoms with Crippen LogP contribution in [-0.2, 0) is 14.4 Å². The number of carbonyl (C=O) groups is 2. The summed E-state index contributed by atoms with van der Waals surface area (Å²) in [4.78, 5) is 22.5. The zero-order valence-corrected chi connectivity index (χ0v) is 10.1. The van der Waals surface area contributed by atoms with Gasteiger partial charge >= 0.3 is 11.9 Å². The van der Waals surface area contributed by atoms with Crippen molar-refractivity contribution in [3.8, 4) is 17.6 Å². The van der Waals surface area contributed by atoms with Crippen LogP contribution in [0, 0.1) is 11.8 Å². The Kier molecular flexibility index (Phi) is 8.19. The molecule has 0 aliphatic heterocycles. The molecule has 0 saturated heterocycles. The molecule has 0 radical (unpaired) electrons. The van der Waals surface area contributed by atoms with E-state index in [9.17, 15) is 0 Å². The minimum absolute atomic E-state index is 0.233. The van der Waals surface area contributed by atoms with Crippen LogP contribution < -0.4 is 10.6 Å². The van der Waals surface area contributed by atoms with Crippen LogP contribution in [0.2, 0.25) is 0 Å². The molecule has 1 aromatic rings. The fourth-order valence-electron chi connectivity index (χ4n) is 0.881. The molecule has 102 valence electrons. The standard InChI is InChI=1S/C10H11NO2.C2H2O4/c1-12-10-6-2-4-9(8-10)5-3-7-13-11;3-1(4)2(5)6/h2,4,6,8H,7,11H2,1H3;(H,3,4)(H,5,6). The van der Waals surface area contributed by atoms with Crippen LogP contribution in [0.15, 0.2) is 24.3 Å². The molecule has 0 aliphatic rings. The number of hydrogen-bond donors (Lipinski definition) is 3. The van der Waals surface area contributed by atoms with Crippen molar-refractivity contribution >= 4 is 11.9 Å². The molecule has 7 nitrogen and oxygen atoms in total. The molecule has 0 aromatic heterocycles. The zero-order valence-electron chi connectivity index (χ0n) is 10.1. The van der Waals surface area contributed by atoms with Crippen molar-refractivity contribution in [2.24, 2.45) is 5.90 Å². The van der Waals surface area contributed by atoms with Crippen LogP contribution >= 0.6 is 0 Å². The molecule has 1 aromatic carbocycles. The number of benzene rings is 1. The van der Waals surface area contributed by atoms with Crippen molar-refractivity contribution in [2.75, 3.05) is 13.7 Å². The van der Waals surface area contributed by atoms with E-state index in [1.54, 1.807) is 7.11 Å². The lowest BCUT2D eigenvalue weighted by atomic mass is 10.2. The average molecular weight is 267 g/mol. The monoisotopic (exact) mass is 267 g/mol. The number of ether oxygens (including phenoxy) is 1. The highest BCUT2D eigenvalue weighted by Gasteiger charge is 2.04. The smallest absolute Gasteiger partial charge is 0.414 e. The Morgan fingerprint density at radius 2 is 1.95 bits per heavy atom. The van der Waals surface area contributed by atoms with Gasteiger partial charge in [0.1, 0.15) is 12.4 Å². The SMILES string of the molecule is COc1cccc(C#CCON)c1.O=C(O)C(=O)O. The molecule has 4 N–H and O–H groups in total. The van der Waals surface area contributed by atoms with Gasteiger partial charge in [0.05, 0.1) is 7.11 Å². The number of aliphatic carboxylic acids is 2. The maximum atomic E-state index is 9.10. The van der Waals surface area contributed by atoms with Crippen molar-refractivity contribution in [1.82, 2.24) is 0 Å². The van der Waals surface area contributed by atoms with Gasteiger partial charge in [0, 0.05) is 5.56 Å². The number of hydrogen-bond acceptors (Lipinski definition) is 5. The summed E-state index contributed by atoms with van der Waals surface area (Å²) in [5.74, 6) is 7.60. The summed E-state index contributed by atoms with van der Waals surface area (Å²) >= 11 is 0. The first-order valence-corrected chi connectivity index (χ1v) is 4.92. The van der Waals surface area contributed by atoms with Gasteiger partial charge in [-0.25, -0.2) is 15.5 Å². The van der Waals surface area contributed by atoms with Gasteiger partial charge in [0.25, 0.3) is 0 Å². The average Bonchev–Trinajstić information content (AvgIpc) is 2.40. The van der Waals surface area contributed by atoms with Crippen molar-refractivity contribution in [3.05, 3.63) is 29.8 Å². The summed E-state index contributed by atoms with van der Waals surface area (Å²) in [5.41, 5.74) is 0.886. The largest absolute Gasteiger partial charge is 0.497 e. The normalized spacial score (nSPS) is 8.32. The number of rotatable bonds is 2. The molecule has 0 unspecified atom stereocenters. The van der Waals surface area contributed by atoms with Gasteiger partial charge in [0.2, 0.25) is 0 Å². The second-order valence-electron chi connectivity index (χ2n) is 2.96. The minimum Gasteiger partial charge on any atom is -0.497 e. The summed E-state index contributed by atoms with van der Waals surface area (Å²) in [6, 6.07) is 7.49. The zero-order chi connectivity index (χ0) is 14.7. The predicted molar refractivity (Wildman–Crippen MR) is 65.3 cm³/mol. The van der Waals surface area contributed by atoms with Crippen LogP contribution in [0.25, 0.3) is 0 Å². The molecule has 0 heterocycles. The third kappa shape index (κ3) is 8.20. The molecule has 0 saturated carbocycles. The van der Waals surface area contributed by atoms with Crippen molar-refractivity contribution in [1.29, 1.82) is 0 Å². The van der Waals surface area contributed by atoms with E-state index in [1.807, 2.05) is 24.3 Å². The Bertz CT molecular complexity index is 476. The van der Waals surface area contributed by atoms with Gasteiger partial charge in [-0.3, -0.25) is 4.84 Å². The van der Waals surface area contributed by atoms with E-state index in [0.29, 0.717) is 0 Å². The first kappa shape index (κ1) is 16.4. The minimum atomic E-state index is -1.82. The molecule has 0 amide bonds. The second kappa shape index (κ2) is 9.47. The van der Waals surface area contributed by atoms with Crippen LogP contribution in [-0.4, -0.2) is 35.9 Å². The summed E-state index contributed by atoms with van der Waals surface area (Å²) in [7, 11) is 1.62. The molecule has 1 rings (SSSR count). The molecule has 7 heteroatoms. The highest BCUT2D eigenvalue weighted by molar-refractivity contribution is 6.27. The van der Waals surface area contributed by atoms with Crippen molar-refractivity contribution < 1.29 is 29.4 Å². The lowest BCUT2D eigenvalue weighted by Crippen LogP contribution is -2.09. The van der Waals surface area contributed by atoms with Gasteiger partial charge < -0.3 is 14.9 Å². The van der Waals surface area contributed by atoms with Gasteiger partial charge in [-0.2, -0.15) is 0 Å². The highest BCUT2D eigenvalue weighted by atomic mass is 16.6. The molecule has 19 heavy (non-hydrogen) atoms. The predicted octanol–water partition coefficient (Wildman–Crippen LogP) is 0.0926. The van der Waals surface area contributed by atoms with E-state index in [-0.39, 0.29) is 6.61 Å². The van der Waals surface area contributed by atoms with Crippen molar-refractivity contribution in [2.45, 2.75) is 0 Å². The summed E-state index contributed by atoms with van der Waals surface area (Å²) in [5, 5.41) is 14.8. The Labute approximate surface area is 109 Å². The third-order valence-electron chi connectivity index (χ3n) is 1.64. The molecule has 0 atom stereocenters. The fourth-order valence-corrected chi connectivity index (χ4v) is 0.881. The van der Waals surface area contributed by atoms with Crippen LogP contribution in [0.3, 0.4) is 0 Å². The molecule has 0 fully saturated rings. The maximum Gasteiger partial charge on any atom is 0.414 e. The highest BCUT2D eigenvalue weighted by Crippen LogP contribution is 2.10. The number of nitrogens with two attached hydrogens (primary N) is 1. The first-order chi connectivity index (χ1) is 9.01. The molecular formula is C12H13NO6. The van der Waals surface area contributed by atoms with Crippen LogP contribution in [0.4, 0.5) is 0 Å². The van der Waals surface area contributed by atoms with E-state index in [1.165, 1.54) is 0 Å². The van der Waals surface area contributed by atoms with E-state index < -0.39 is 11.9 Å². The molecule has 0 bridgehead atoms. The Balaban J connectivity index is 0.000000459. The van der Waals surface area contributed by atoms with E-state index in [4.69, 9.17) is 30.4 Å².